The average molecular weight is 391 g/mol. The number of imide groups is 1. The largest absolute Gasteiger partial charge is 0.352 e. The third-order valence-electron chi connectivity index (χ3n) is 5.04. The van der Waals surface area contributed by atoms with E-state index >= 15 is 0 Å². The van der Waals surface area contributed by atoms with Gasteiger partial charge in [-0.2, -0.15) is 0 Å². The highest BCUT2D eigenvalue weighted by Gasteiger charge is 2.37. The normalized spacial score (nSPS) is 16.3. The summed E-state index contributed by atoms with van der Waals surface area (Å²) in [7, 11) is 0. The van der Waals surface area contributed by atoms with Crippen LogP contribution in [0.5, 0.6) is 0 Å². The number of nitrogens with one attached hydrogen (secondary N) is 2. The molecule has 1 fully saturated rings. The summed E-state index contributed by atoms with van der Waals surface area (Å²) in [6, 6.07) is 15.2. The Bertz CT molecular complexity index is 934. The van der Waals surface area contributed by atoms with Crippen LogP contribution in [0.4, 0.5) is 0 Å². The van der Waals surface area contributed by atoms with Crippen molar-refractivity contribution in [1.29, 1.82) is 0 Å². The first kappa shape index (κ1) is 18.9. The van der Waals surface area contributed by atoms with Crippen molar-refractivity contribution < 1.29 is 19.2 Å². The van der Waals surface area contributed by atoms with Crippen LogP contribution in [0.15, 0.2) is 54.6 Å². The van der Waals surface area contributed by atoms with Crippen LogP contribution in [0.1, 0.15) is 39.1 Å². The summed E-state index contributed by atoms with van der Waals surface area (Å²) >= 11 is 0. The number of nitrogens with zero attached hydrogens (tertiary/aromatic N) is 1. The number of amides is 4. The molecule has 1 atom stereocenters. The van der Waals surface area contributed by atoms with E-state index in [0.717, 1.165) is 23.3 Å². The minimum atomic E-state index is -0.777. The average Bonchev–Trinajstić information content (AvgIpc) is 3.51. The van der Waals surface area contributed by atoms with Gasteiger partial charge in [0.15, 0.2) is 0 Å². The SMILES string of the molecule is O=C(CN1C(=O)c2ccccc2C1=O)NC(Cc1ccccc1)C(=O)NC1CC1. The van der Waals surface area contributed by atoms with Crippen molar-refractivity contribution in [3.8, 4) is 0 Å². The highest BCUT2D eigenvalue weighted by atomic mass is 16.2. The summed E-state index contributed by atoms with van der Waals surface area (Å²) in [6.07, 6.45) is 2.20. The van der Waals surface area contributed by atoms with Gasteiger partial charge in [-0.1, -0.05) is 42.5 Å². The molecule has 7 nitrogen and oxygen atoms in total. The second-order valence-corrected chi connectivity index (χ2v) is 7.33. The summed E-state index contributed by atoms with van der Waals surface area (Å²) in [4.78, 5) is 51.0. The van der Waals surface area contributed by atoms with Crippen molar-refractivity contribution in [1.82, 2.24) is 15.5 Å². The van der Waals surface area contributed by atoms with Gasteiger partial charge >= 0.3 is 0 Å². The molecule has 29 heavy (non-hydrogen) atoms. The summed E-state index contributed by atoms with van der Waals surface area (Å²) in [6.45, 7) is -0.422. The molecule has 1 aliphatic heterocycles. The van der Waals surface area contributed by atoms with Crippen LogP contribution >= 0.6 is 0 Å². The molecular weight excluding hydrogens is 370 g/mol. The molecule has 0 radical (unpaired) electrons. The lowest BCUT2D eigenvalue weighted by Gasteiger charge is -2.20. The minimum absolute atomic E-state index is 0.161. The number of benzene rings is 2. The summed E-state index contributed by atoms with van der Waals surface area (Å²) in [5.74, 6) is -1.80. The number of carbonyl (C=O) groups is 4. The fourth-order valence-corrected chi connectivity index (χ4v) is 3.35. The van der Waals surface area contributed by atoms with Crippen molar-refractivity contribution in [2.24, 2.45) is 0 Å². The predicted molar refractivity (Wildman–Crippen MR) is 105 cm³/mol. The summed E-state index contributed by atoms with van der Waals surface area (Å²) in [5.41, 5.74) is 1.49. The van der Waals surface area contributed by atoms with E-state index in [0.29, 0.717) is 6.42 Å². The van der Waals surface area contributed by atoms with E-state index in [1.165, 1.54) is 0 Å². The Kier molecular flexibility index (Phi) is 5.12. The maximum atomic E-state index is 12.6. The smallest absolute Gasteiger partial charge is 0.262 e. The van der Waals surface area contributed by atoms with E-state index < -0.39 is 30.3 Å². The van der Waals surface area contributed by atoms with E-state index in [-0.39, 0.29) is 23.1 Å². The Balaban J connectivity index is 1.44. The van der Waals surface area contributed by atoms with Gasteiger partial charge < -0.3 is 10.6 Å². The van der Waals surface area contributed by atoms with Gasteiger partial charge in [-0.05, 0) is 30.5 Å². The van der Waals surface area contributed by atoms with Gasteiger partial charge in [0.05, 0.1) is 11.1 Å². The second-order valence-electron chi connectivity index (χ2n) is 7.33. The Hall–Kier alpha value is -3.48. The Labute approximate surface area is 168 Å². The number of hydrogen-bond acceptors (Lipinski definition) is 4. The molecule has 0 spiro atoms. The van der Waals surface area contributed by atoms with Gasteiger partial charge in [-0.15, -0.1) is 0 Å². The molecule has 7 heteroatoms. The van der Waals surface area contributed by atoms with Crippen molar-refractivity contribution in [2.75, 3.05) is 6.54 Å². The van der Waals surface area contributed by atoms with Gasteiger partial charge in [0.25, 0.3) is 11.8 Å². The highest BCUT2D eigenvalue weighted by molar-refractivity contribution is 6.22. The molecule has 2 N–H and O–H groups in total. The predicted octanol–water partition coefficient (Wildman–Crippen LogP) is 1.29. The zero-order chi connectivity index (χ0) is 20.4. The van der Waals surface area contributed by atoms with Crippen molar-refractivity contribution in [2.45, 2.75) is 31.3 Å². The van der Waals surface area contributed by atoms with Crippen LogP contribution in [0.3, 0.4) is 0 Å². The molecule has 2 aromatic rings. The van der Waals surface area contributed by atoms with E-state index in [2.05, 4.69) is 10.6 Å². The third kappa shape index (κ3) is 4.18. The van der Waals surface area contributed by atoms with E-state index in [1.807, 2.05) is 30.3 Å². The lowest BCUT2D eigenvalue weighted by Crippen LogP contribution is -2.51. The fraction of sp³-hybridized carbons (Fsp3) is 0.273. The van der Waals surface area contributed by atoms with Crippen molar-refractivity contribution in [3.63, 3.8) is 0 Å². The first-order valence-corrected chi connectivity index (χ1v) is 9.62. The molecule has 4 amide bonds. The summed E-state index contributed by atoms with van der Waals surface area (Å²) < 4.78 is 0. The van der Waals surface area contributed by atoms with Crippen LogP contribution in [0.2, 0.25) is 0 Å². The molecule has 1 saturated carbocycles. The van der Waals surface area contributed by atoms with Crippen molar-refractivity contribution in [3.05, 3.63) is 71.3 Å². The van der Waals surface area contributed by atoms with Crippen molar-refractivity contribution >= 4 is 23.6 Å². The molecule has 0 aromatic heterocycles. The van der Waals surface area contributed by atoms with E-state index in [1.54, 1.807) is 24.3 Å². The van der Waals surface area contributed by atoms with Gasteiger partial charge in [0.1, 0.15) is 12.6 Å². The van der Waals surface area contributed by atoms with E-state index in [9.17, 15) is 19.2 Å². The second kappa shape index (κ2) is 7.87. The van der Waals surface area contributed by atoms with Crippen LogP contribution in [-0.4, -0.2) is 47.2 Å². The van der Waals surface area contributed by atoms with Crippen LogP contribution in [0.25, 0.3) is 0 Å². The molecule has 0 saturated heterocycles. The van der Waals surface area contributed by atoms with Gasteiger partial charge in [-0.3, -0.25) is 24.1 Å². The Morgan fingerprint density at radius 2 is 1.52 bits per heavy atom. The number of rotatable bonds is 7. The van der Waals surface area contributed by atoms with Gasteiger partial charge in [0.2, 0.25) is 11.8 Å². The number of carbonyl (C=O) groups excluding carboxylic acids is 4. The highest BCUT2D eigenvalue weighted by Crippen LogP contribution is 2.22. The monoisotopic (exact) mass is 391 g/mol. The zero-order valence-corrected chi connectivity index (χ0v) is 15.8. The standard InChI is InChI=1S/C22H21N3O4/c26-19(13-25-21(28)16-8-4-5-9-17(16)22(25)29)24-18(20(27)23-15-10-11-15)12-14-6-2-1-3-7-14/h1-9,15,18H,10-13H2,(H,23,27)(H,24,26). The van der Waals surface area contributed by atoms with Gasteiger partial charge in [0, 0.05) is 12.5 Å². The minimum Gasteiger partial charge on any atom is -0.352 e. The summed E-state index contributed by atoms with van der Waals surface area (Å²) in [5, 5.41) is 5.60. The first-order valence-electron chi connectivity index (χ1n) is 9.62. The van der Waals surface area contributed by atoms with Crippen LogP contribution in [0, 0.1) is 0 Å². The lowest BCUT2D eigenvalue weighted by molar-refractivity contribution is -0.129. The molecule has 1 unspecified atom stereocenters. The molecule has 0 bridgehead atoms. The lowest BCUT2D eigenvalue weighted by atomic mass is 10.1. The van der Waals surface area contributed by atoms with Crippen LogP contribution in [-0.2, 0) is 16.0 Å². The molecule has 148 valence electrons. The van der Waals surface area contributed by atoms with E-state index in [4.69, 9.17) is 0 Å². The molecule has 2 aromatic carbocycles. The topological polar surface area (TPSA) is 95.6 Å². The maximum Gasteiger partial charge on any atom is 0.262 e. The Morgan fingerprint density at radius 3 is 2.10 bits per heavy atom. The molecule has 4 rings (SSSR count). The molecule has 1 heterocycles. The number of hydrogen-bond donors (Lipinski definition) is 2. The zero-order valence-electron chi connectivity index (χ0n) is 15.8. The quantitative estimate of drug-likeness (QED) is 0.696. The fourth-order valence-electron chi connectivity index (χ4n) is 3.35. The number of fused-ring (bicyclic) bond motifs is 1. The Morgan fingerprint density at radius 1 is 0.931 bits per heavy atom. The molecule has 2 aliphatic rings. The third-order valence-corrected chi connectivity index (χ3v) is 5.04. The molecular formula is C22H21N3O4. The first-order chi connectivity index (χ1) is 14.0. The maximum absolute atomic E-state index is 12.6. The van der Waals surface area contributed by atoms with Crippen LogP contribution < -0.4 is 10.6 Å². The molecule has 1 aliphatic carbocycles. The van der Waals surface area contributed by atoms with Gasteiger partial charge in [-0.25, -0.2) is 0 Å².